The molecule has 0 fully saturated rings. The van der Waals surface area contributed by atoms with Crippen molar-refractivity contribution in [2.45, 2.75) is 19.4 Å². The molecule has 0 aliphatic rings. The van der Waals surface area contributed by atoms with Crippen molar-refractivity contribution in [1.29, 1.82) is 0 Å². The van der Waals surface area contributed by atoms with Gasteiger partial charge in [-0.15, -0.1) is 0 Å². The number of benzene rings is 3. The highest BCUT2D eigenvalue weighted by atomic mass is 32.2. The van der Waals surface area contributed by atoms with Gasteiger partial charge in [0.15, 0.2) is 0 Å². The number of rotatable bonds is 7. The molecule has 152 valence electrons. The fraction of sp³-hybridized carbons (Fsp3) is 0.190. The first kappa shape index (κ1) is 20.6. The Morgan fingerprint density at radius 3 is 2.52 bits per heavy atom. The SMILES string of the molecule is COc1ccc2cc([C@@H](C)C(=O)NCc3cccc(NS(N)(=O)=O)c3)ccc2c1. The van der Waals surface area contributed by atoms with Crippen LogP contribution in [-0.2, 0) is 21.5 Å². The molecule has 0 heterocycles. The maximum atomic E-state index is 12.6. The van der Waals surface area contributed by atoms with Gasteiger partial charge in [0.1, 0.15) is 5.75 Å². The van der Waals surface area contributed by atoms with E-state index in [9.17, 15) is 13.2 Å². The number of fused-ring (bicyclic) bond motifs is 1. The summed E-state index contributed by atoms with van der Waals surface area (Å²) in [7, 11) is -2.21. The molecule has 4 N–H and O–H groups in total. The molecule has 3 aromatic carbocycles. The Labute approximate surface area is 170 Å². The average Bonchev–Trinajstić information content (AvgIpc) is 2.69. The maximum absolute atomic E-state index is 12.6. The summed E-state index contributed by atoms with van der Waals surface area (Å²) in [6.07, 6.45) is 0. The highest BCUT2D eigenvalue weighted by Crippen LogP contribution is 2.25. The quantitative estimate of drug-likeness (QED) is 0.553. The lowest BCUT2D eigenvalue weighted by atomic mass is 9.97. The van der Waals surface area contributed by atoms with Gasteiger partial charge in [0.25, 0.3) is 10.2 Å². The molecule has 0 saturated heterocycles. The van der Waals surface area contributed by atoms with E-state index < -0.39 is 10.2 Å². The summed E-state index contributed by atoms with van der Waals surface area (Å²) in [5, 5.41) is 9.94. The van der Waals surface area contributed by atoms with Crippen LogP contribution in [-0.4, -0.2) is 21.4 Å². The molecule has 29 heavy (non-hydrogen) atoms. The van der Waals surface area contributed by atoms with Crippen molar-refractivity contribution < 1.29 is 17.9 Å². The van der Waals surface area contributed by atoms with Gasteiger partial charge >= 0.3 is 0 Å². The van der Waals surface area contributed by atoms with Gasteiger partial charge in [0, 0.05) is 6.54 Å². The Hall–Kier alpha value is -3.10. The molecule has 3 aromatic rings. The summed E-state index contributed by atoms with van der Waals surface area (Å²) < 4.78 is 29.7. The monoisotopic (exact) mass is 413 g/mol. The molecule has 0 saturated carbocycles. The van der Waals surface area contributed by atoms with Crippen LogP contribution >= 0.6 is 0 Å². The summed E-state index contributed by atoms with van der Waals surface area (Å²) >= 11 is 0. The lowest BCUT2D eigenvalue weighted by Crippen LogP contribution is -2.27. The Morgan fingerprint density at radius 2 is 1.79 bits per heavy atom. The fourth-order valence-electron chi connectivity index (χ4n) is 3.04. The number of amides is 1. The van der Waals surface area contributed by atoms with E-state index in [1.54, 1.807) is 31.4 Å². The molecule has 0 bridgehead atoms. The molecule has 0 aliphatic heterocycles. The number of hydrogen-bond acceptors (Lipinski definition) is 4. The zero-order valence-corrected chi connectivity index (χ0v) is 17.0. The number of ether oxygens (including phenoxy) is 1. The fourth-order valence-corrected chi connectivity index (χ4v) is 3.50. The summed E-state index contributed by atoms with van der Waals surface area (Å²) in [5.74, 6) is 0.324. The van der Waals surface area contributed by atoms with Crippen molar-refractivity contribution in [2.75, 3.05) is 11.8 Å². The van der Waals surface area contributed by atoms with Gasteiger partial charge in [-0.2, -0.15) is 8.42 Å². The van der Waals surface area contributed by atoms with Crippen LogP contribution in [0.15, 0.2) is 60.7 Å². The van der Waals surface area contributed by atoms with Gasteiger partial charge in [0.05, 0.1) is 18.7 Å². The molecule has 8 heteroatoms. The van der Waals surface area contributed by atoms with Gasteiger partial charge in [-0.05, 0) is 53.1 Å². The molecule has 7 nitrogen and oxygen atoms in total. The van der Waals surface area contributed by atoms with Crippen molar-refractivity contribution in [1.82, 2.24) is 5.32 Å². The van der Waals surface area contributed by atoms with Crippen LogP contribution in [0.3, 0.4) is 0 Å². The summed E-state index contributed by atoms with van der Waals surface area (Å²) in [6.45, 7) is 2.12. The maximum Gasteiger partial charge on any atom is 0.296 e. The topological polar surface area (TPSA) is 111 Å². The number of nitrogens with one attached hydrogen (secondary N) is 2. The van der Waals surface area contributed by atoms with Gasteiger partial charge < -0.3 is 10.1 Å². The molecular formula is C21H23N3O4S. The van der Waals surface area contributed by atoms with Gasteiger partial charge in [-0.25, -0.2) is 5.14 Å². The second-order valence-electron chi connectivity index (χ2n) is 6.76. The molecule has 0 aliphatic carbocycles. The molecular weight excluding hydrogens is 390 g/mol. The molecule has 1 atom stereocenters. The molecule has 0 unspecified atom stereocenters. The summed E-state index contributed by atoms with van der Waals surface area (Å²) in [6, 6.07) is 18.4. The minimum absolute atomic E-state index is 0.123. The molecule has 1 amide bonds. The van der Waals surface area contributed by atoms with Crippen molar-refractivity contribution in [3.63, 3.8) is 0 Å². The van der Waals surface area contributed by atoms with Crippen LogP contribution in [0.1, 0.15) is 24.0 Å². The predicted octanol–water partition coefficient (Wildman–Crippen LogP) is 2.88. The van der Waals surface area contributed by atoms with E-state index in [2.05, 4.69) is 10.0 Å². The number of anilines is 1. The van der Waals surface area contributed by atoms with Crippen LogP contribution in [0.2, 0.25) is 0 Å². The largest absolute Gasteiger partial charge is 0.497 e. The zero-order valence-electron chi connectivity index (χ0n) is 16.2. The third-order valence-electron chi connectivity index (χ3n) is 4.62. The highest BCUT2D eigenvalue weighted by Gasteiger charge is 2.15. The number of carbonyl (C=O) groups is 1. The third-order valence-corrected chi connectivity index (χ3v) is 5.14. The Morgan fingerprint density at radius 1 is 1.07 bits per heavy atom. The van der Waals surface area contributed by atoms with Crippen LogP contribution in [0, 0.1) is 0 Å². The Kier molecular flexibility index (Phi) is 6.05. The minimum atomic E-state index is -3.84. The lowest BCUT2D eigenvalue weighted by molar-refractivity contribution is -0.122. The van der Waals surface area contributed by atoms with Crippen LogP contribution in [0.4, 0.5) is 5.69 Å². The van der Waals surface area contributed by atoms with E-state index in [0.29, 0.717) is 5.69 Å². The Balaban J connectivity index is 1.68. The van der Waals surface area contributed by atoms with Crippen molar-refractivity contribution in [3.8, 4) is 5.75 Å². The van der Waals surface area contributed by atoms with Crippen LogP contribution in [0.5, 0.6) is 5.75 Å². The van der Waals surface area contributed by atoms with E-state index in [0.717, 1.165) is 27.6 Å². The second-order valence-corrected chi connectivity index (χ2v) is 8.05. The first-order chi connectivity index (χ1) is 13.7. The van der Waals surface area contributed by atoms with E-state index in [1.165, 1.54) is 0 Å². The zero-order chi connectivity index (χ0) is 21.0. The Bertz CT molecular complexity index is 1150. The molecule has 0 aromatic heterocycles. The molecule has 0 spiro atoms. The number of hydrogen-bond donors (Lipinski definition) is 3. The van der Waals surface area contributed by atoms with Crippen LogP contribution < -0.4 is 19.9 Å². The van der Waals surface area contributed by atoms with Crippen molar-refractivity contribution >= 4 is 32.6 Å². The van der Waals surface area contributed by atoms with Gasteiger partial charge in [0.2, 0.25) is 5.91 Å². The van der Waals surface area contributed by atoms with Crippen LogP contribution in [0.25, 0.3) is 10.8 Å². The lowest BCUT2D eigenvalue weighted by Gasteiger charge is -2.14. The van der Waals surface area contributed by atoms with E-state index in [1.807, 2.05) is 43.3 Å². The van der Waals surface area contributed by atoms with E-state index in [-0.39, 0.29) is 18.4 Å². The number of methoxy groups -OCH3 is 1. The first-order valence-electron chi connectivity index (χ1n) is 9.00. The summed E-state index contributed by atoms with van der Waals surface area (Å²) in [4.78, 5) is 12.6. The normalized spacial score (nSPS) is 12.4. The average molecular weight is 413 g/mol. The second kappa shape index (κ2) is 8.50. The number of carbonyl (C=O) groups excluding carboxylic acids is 1. The van der Waals surface area contributed by atoms with Gasteiger partial charge in [-0.1, -0.05) is 36.4 Å². The molecule has 3 rings (SSSR count). The number of nitrogens with two attached hydrogens (primary N) is 1. The third kappa shape index (κ3) is 5.46. The highest BCUT2D eigenvalue weighted by molar-refractivity contribution is 7.90. The minimum Gasteiger partial charge on any atom is -0.497 e. The standard InChI is InChI=1S/C21H23N3O4S/c1-14(16-6-7-18-12-20(28-2)9-8-17(18)11-16)21(25)23-13-15-4-3-5-19(10-15)24-29(22,26)27/h3-12,14,24H,13H2,1-2H3,(H,23,25)(H2,22,26,27)/t14-/m1/s1. The van der Waals surface area contributed by atoms with E-state index in [4.69, 9.17) is 9.88 Å². The smallest absolute Gasteiger partial charge is 0.296 e. The molecule has 0 radical (unpaired) electrons. The first-order valence-corrected chi connectivity index (χ1v) is 10.5. The van der Waals surface area contributed by atoms with Crippen molar-refractivity contribution in [2.24, 2.45) is 5.14 Å². The van der Waals surface area contributed by atoms with Gasteiger partial charge in [-0.3, -0.25) is 9.52 Å². The van der Waals surface area contributed by atoms with E-state index >= 15 is 0 Å². The van der Waals surface area contributed by atoms with Crippen molar-refractivity contribution in [3.05, 3.63) is 71.8 Å². The summed E-state index contributed by atoms with van der Waals surface area (Å²) in [5.41, 5.74) is 2.01. The predicted molar refractivity (Wildman–Crippen MR) is 114 cm³/mol.